The predicted molar refractivity (Wildman–Crippen MR) is 131 cm³/mol. The molecule has 4 aliphatic rings. The van der Waals surface area contributed by atoms with Gasteiger partial charge in [-0.1, -0.05) is 0 Å². The lowest BCUT2D eigenvalue weighted by Crippen LogP contribution is -2.62. The van der Waals surface area contributed by atoms with Crippen molar-refractivity contribution in [2.75, 3.05) is 0 Å². The molecule has 3 aromatic carbocycles. The number of rotatable bonds is 3. The van der Waals surface area contributed by atoms with E-state index in [-0.39, 0.29) is 40.4 Å². The molecular formula is C28H28O9. The quantitative estimate of drug-likeness (QED) is 0.185. The van der Waals surface area contributed by atoms with E-state index >= 15 is 0 Å². The van der Waals surface area contributed by atoms with Crippen molar-refractivity contribution in [2.24, 2.45) is 5.92 Å². The Morgan fingerprint density at radius 3 is 0.892 bits per heavy atom. The summed E-state index contributed by atoms with van der Waals surface area (Å²) >= 11 is 0. The van der Waals surface area contributed by atoms with Crippen molar-refractivity contribution in [2.45, 2.75) is 54.8 Å². The van der Waals surface area contributed by atoms with Crippen LogP contribution in [0.2, 0.25) is 0 Å². The summed E-state index contributed by atoms with van der Waals surface area (Å²) in [7, 11) is 0. The Bertz CT molecular complexity index is 1280. The molecule has 0 saturated heterocycles. The van der Waals surface area contributed by atoms with Crippen LogP contribution in [0.25, 0.3) is 0 Å². The van der Waals surface area contributed by atoms with Gasteiger partial charge in [-0.15, -0.1) is 0 Å². The summed E-state index contributed by atoms with van der Waals surface area (Å²) in [6, 6.07) is 7.33. The van der Waals surface area contributed by atoms with Gasteiger partial charge in [0, 0.05) is 51.1 Å². The zero-order chi connectivity index (χ0) is 26.5. The van der Waals surface area contributed by atoms with Crippen LogP contribution < -0.4 is 0 Å². The largest absolute Gasteiger partial charge is 0.508 e. The molecular weight excluding hydrogens is 480 g/mol. The van der Waals surface area contributed by atoms with E-state index in [0.717, 1.165) is 18.2 Å². The first-order chi connectivity index (χ1) is 17.4. The van der Waals surface area contributed by atoms with Gasteiger partial charge in [0.15, 0.2) is 34.5 Å². The first kappa shape index (κ1) is 23.3. The van der Waals surface area contributed by atoms with Gasteiger partial charge >= 0.3 is 0 Å². The van der Waals surface area contributed by atoms with Crippen LogP contribution in [-0.2, 0) is 16.2 Å². The van der Waals surface area contributed by atoms with Crippen LogP contribution in [0.1, 0.15) is 55.2 Å². The molecule has 37 heavy (non-hydrogen) atoms. The Labute approximate surface area is 211 Å². The Kier molecular flexibility index (Phi) is 4.54. The highest BCUT2D eigenvalue weighted by Crippen LogP contribution is 2.73. The van der Waals surface area contributed by atoms with Crippen molar-refractivity contribution in [1.82, 2.24) is 0 Å². The Morgan fingerprint density at radius 1 is 0.378 bits per heavy atom. The smallest absolute Gasteiger partial charge is 0.161 e. The molecule has 0 spiro atoms. The number of hydrogen-bond donors (Lipinski definition) is 9. The minimum absolute atomic E-state index is 0.0253. The monoisotopic (exact) mass is 508 g/mol. The summed E-state index contributed by atoms with van der Waals surface area (Å²) in [4.78, 5) is 0. The number of hydrogen-bond acceptors (Lipinski definition) is 9. The van der Waals surface area contributed by atoms with E-state index in [1.165, 1.54) is 18.2 Å². The van der Waals surface area contributed by atoms with Gasteiger partial charge in [-0.3, -0.25) is 0 Å². The molecule has 9 heteroatoms. The van der Waals surface area contributed by atoms with Crippen LogP contribution in [0.3, 0.4) is 0 Å². The van der Waals surface area contributed by atoms with Crippen LogP contribution in [0.15, 0.2) is 36.4 Å². The normalized spacial score (nSPS) is 30.0. The number of phenols is 9. The summed E-state index contributed by atoms with van der Waals surface area (Å²) in [6.07, 6.45) is 3.13. The molecule has 4 bridgehead atoms. The molecule has 4 saturated carbocycles. The molecule has 7 rings (SSSR count). The molecule has 9 N–H and O–H groups in total. The van der Waals surface area contributed by atoms with E-state index in [1.807, 2.05) is 0 Å². The van der Waals surface area contributed by atoms with Gasteiger partial charge in [0.05, 0.1) is 0 Å². The third kappa shape index (κ3) is 3.16. The van der Waals surface area contributed by atoms with E-state index in [1.54, 1.807) is 0 Å². The van der Waals surface area contributed by atoms with E-state index in [0.29, 0.717) is 55.2 Å². The van der Waals surface area contributed by atoms with Gasteiger partial charge in [-0.2, -0.15) is 0 Å². The fourth-order valence-corrected chi connectivity index (χ4v) is 8.31. The van der Waals surface area contributed by atoms with Crippen molar-refractivity contribution in [1.29, 1.82) is 0 Å². The SMILES string of the molecule is Oc1cc(O)c(C23CC4CC(c5cc(O)c(O)cc5O)(C2)CC(c2cc(O)c(O)cc2O)(C4)C3)cc1O. The number of benzene rings is 3. The Balaban J connectivity index is 1.63. The highest BCUT2D eigenvalue weighted by atomic mass is 16.3. The summed E-state index contributed by atoms with van der Waals surface area (Å²) in [5.74, 6) is -3.11. The third-order valence-corrected chi connectivity index (χ3v) is 9.06. The van der Waals surface area contributed by atoms with Crippen molar-refractivity contribution in [3.63, 3.8) is 0 Å². The van der Waals surface area contributed by atoms with Gasteiger partial charge < -0.3 is 46.0 Å². The van der Waals surface area contributed by atoms with Crippen LogP contribution >= 0.6 is 0 Å². The maximum absolute atomic E-state index is 10.9. The fraction of sp³-hybridized carbons (Fsp3) is 0.357. The molecule has 0 atom stereocenters. The van der Waals surface area contributed by atoms with Crippen molar-refractivity contribution >= 4 is 0 Å². The molecule has 3 aromatic rings. The molecule has 0 radical (unpaired) electrons. The lowest BCUT2D eigenvalue weighted by molar-refractivity contribution is -0.0516. The van der Waals surface area contributed by atoms with E-state index in [9.17, 15) is 46.0 Å². The maximum Gasteiger partial charge on any atom is 0.161 e. The average molecular weight is 509 g/mol. The number of aromatic hydroxyl groups is 9. The van der Waals surface area contributed by atoms with Crippen LogP contribution in [0, 0.1) is 5.92 Å². The fourth-order valence-electron chi connectivity index (χ4n) is 8.31. The van der Waals surface area contributed by atoms with Crippen molar-refractivity contribution in [3.05, 3.63) is 53.1 Å². The molecule has 4 aliphatic carbocycles. The second kappa shape index (κ2) is 7.21. The molecule has 0 aliphatic heterocycles. The minimum Gasteiger partial charge on any atom is -0.508 e. The van der Waals surface area contributed by atoms with Crippen LogP contribution in [-0.4, -0.2) is 46.0 Å². The summed E-state index contributed by atoms with van der Waals surface area (Å²) < 4.78 is 0. The van der Waals surface area contributed by atoms with Crippen LogP contribution in [0.4, 0.5) is 0 Å². The third-order valence-electron chi connectivity index (χ3n) is 9.06. The highest BCUT2D eigenvalue weighted by Gasteiger charge is 2.66. The van der Waals surface area contributed by atoms with Gasteiger partial charge in [0.2, 0.25) is 0 Å². The molecule has 0 aromatic heterocycles. The lowest BCUT2D eigenvalue weighted by atomic mass is 9.36. The molecule has 4 fully saturated rings. The van der Waals surface area contributed by atoms with Gasteiger partial charge in [0.1, 0.15) is 17.2 Å². The Morgan fingerprint density at radius 2 is 0.622 bits per heavy atom. The summed E-state index contributed by atoms with van der Waals surface area (Å²) in [5, 5.41) is 93.8. The predicted octanol–water partition coefficient (Wildman–Crippen LogP) is 4.15. The first-order valence-corrected chi connectivity index (χ1v) is 12.1. The molecule has 0 unspecified atom stereocenters. The average Bonchev–Trinajstić information content (AvgIpc) is 2.80. The highest BCUT2D eigenvalue weighted by molar-refractivity contribution is 5.59. The van der Waals surface area contributed by atoms with Crippen LogP contribution in [0.5, 0.6) is 51.7 Å². The summed E-state index contributed by atoms with van der Waals surface area (Å²) in [6.45, 7) is 0. The zero-order valence-corrected chi connectivity index (χ0v) is 19.8. The minimum atomic E-state index is -0.769. The second-order valence-electron chi connectivity index (χ2n) is 11.4. The van der Waals surface area contributed by atoms with E-state index in [4.69, 9.17) is 0 Å². The summed E-state index contributed by atoms with van der Waals surface area (Å²) in [5.41, 5.74) is -1.04. The second-order valence-corrected chi connectivity index (χ2v) is 11.4. The molecule has 9 nitrogen and oxygen atoms in total. The maximum atomic E-state index is 10.9. The standard InChI is InChI=1S/C28H28O9/c29-17-4-23(35)20(32)1-14(17)26-7-13-8-27(10-26,15-2-21(33)24(36)5-18(15)30)12-28(9-13,11-26)16-3-22(34)25(37)6-19(16)31/h1-6,13,29-37H,7-12H2. The van der Waals surface area contributed by atoms with Gasteiger partial charge in [0.25, 0.3) is 0 Å². The van der Waals surface area contributed by atoms with Gasteiger partial charge in [-0.05, 0) is 62.6 Å². The lowest BCUT2D eigenvalue weighted by Gasteiger charge is -2.67. The zero-order valence-electron chi connectivity index (χ0n) is 19.8. The number of phenolic OH excluding ortho intramolecular Hbond substituents is 9. The van der Waals surface area contributed by atoms with Crippen molar-refractivity contribution < 1.29 is 46.0 Å². The topological polar surface area (TPSA) is 182 Å². The van der Waals surface area contributed by atoms with E-state index in [2.05, 4.69) is 0 Å². The van der Waals surface area contributed by atoms with Gasteiger partial charge in [-0.25, -0.2) is 0 Å². The van der Waals surface area contributed by atoms with Crippen molar-refractivity contribution in [3.8, 4) is 51.7 Å². The first-order valence-electron chi connectivity index (χ1n) is 12.1. The van der Waals surface area contributed by atoms with E-state index < -0.39 is 33.5 Å². The molecule has 0 amide bonds. The molecule has 0 heterocycles. The Hall–Kier alpha value is -4.14. The molecule has 194 valence electrons.